The van der Waals surface area contributed by atoms with Gasteiger partial charge in [-0.2, -0.15) is 0 Å². The van der Waals surface area contributed by atoms with Crippen molar-refractivity contribution in [3.63, 3.8) is 0 Å². The number of nitrogens with one attached hydrogen (secondary N) is 2. The molecule has 1 fully saturated rings. The molecule has 0 aliphatic carbocycles. The molecule has 1 unspecified atom stereocenters. The third kappa shape index (κ3) is 2.18. The number of rotatable bonds is 2. The SMILES string of the molecule is O=C(NC1CCNC1)c1ccc2sccc2c1. The van der Waals surface area contributed by atoms with Crippen LogP contribution in [0.5, 0.6) is 0 Å². The topological polar surface area (TPSA) is 41.1 Å². The van der Waals surface area contributed by atoms with Crippen LogP contribution in [0, 0.1) is 0 Å². The molecular weight excluding hydrogens is 232 g/mol. The Balaban J connectivity index is 1.79. The van der Waals surface area contributed by atoms with E-state index in [9.17, 15) is 4.79 Å². The van der Waals surface area contributed by atoms with Crippen LogP contribution in [0.15, 0.2) is 29.6 Å². The van der Waals surface area contributed by atoms with Crippen molar-refractivity contribution in [2.45, 2.75) is 12.5 Å². The highest BCUT2D eigenvalue weighted by molar-refractivity contribution is 7.17. The van der Waals surface area contributed by atoms with E-state index in [2.05, 4.69) is 10.6 Å². The van der Waals surface area contributed by atoms with Crippen LogP contribution in [0.3, 0.4) is 0 Å². The second kappa shape index (κ2) is 4.47. The third-order valence-electron chi connectivity index (χ3n) is 3.11. The van der Waals surface area contributed by atoms with Gasteiger partial charge in [0.1, 0.15) is 0 Å². The van der Waals surface area contributed by atoms with Gasteiger partial charge in [0.15, 0.2) is 0 Å². The fourth-order valence-electron chi connectivity index (χ4n) is 2.15. The molecule has 1 aliphatic heterocycles. The summed E-state index contributed by atoms with van der Waals surface area (Å²) in [6, 6.07) is 8.20. The molecule has 0 radical (unpaired) electrons. The lowest BCUT2D eigenvalue weighted by molar-refractivity contribution is 0.0940. The van der Waals surface area contributed by atoms with E-state index in [1.807, 2.05) is 29.6 Å². The van der Waals surface area contributed by atoms with Crippen LogP contribution >= 0.6 is 11.3 Å². The zero-order valence-electron chi connectivity index (χ0n) is 9.40. The van der Waals surface area contributed by atoms with Gasteiger partial charge in [0.25, 0.3) is 5.91 Å². The lowest BCUT2D eigenvalue weighted by atomic mass is 10.1. The van der Waals surface area contributed by atoms with Crippen LogP contribution in [0.2, 0.25) is 0 Å². The summed E-state index contributed by atoms with van der Waals surface area (Å²) in [6.45, 7) is 1.88. The molecule has 17 heavy (non-hydrogen) atoms. The predicted molar refractivity (Wildman–Crippen MR) is 70.6 cm³/mol. The zero-order valence-corrected chi connectivity index (χ0v) is 10.2. The Labute approximate surface area is 104 Å². The predicted octanol–water partition coefficient (Wildman–Crippen LogP) is 1.99. The summed E-state index contributed by atoms with van der Waals surface area (Å²) >= 11 is 1.70. The van der Waals surface area contributed by atoms with Crippen molar-refractivity contribution in [3.8, 4) is 0 Å². The zero-order chi connectivity index (χ0) is 11.7. The number of hydrogen-bond acceptors (Lipinski definition) is 3. The van der Waals surface area contributed by atoms with Crippen LogP contribution in [0.1, 0.15) is 16.8 Å². The van der Waals surface area contributed by atoms with E-state index in [1.54, 1.807) is 11.3 Å². The van der Waals surface area contributed by atoms with Gasteiger partial charge in [-0.3, -0.25) is 4.79 Å². The van der Waals surface area contributed by atoms with Gasteiger partial charge in [-0.15, -0.1) is 11.3 Å². The maximum atomic E-state index is 12.0. The molecular formula is C13H14N2OS. The first-order valence-corrected chi connectivity index (χ1v) is 6.70. The first kappa shape index (κ1) is 10.7. The minimum absolute atomic E-state index is 0.0341. The molecule has 1 amide bonds. The van der Waals surface area contributed by atoms with Crippen molar-refractivity contribution >= 4 is 27.3 Å². The van der Waals surface area contributed by atoms with Crippen molar-refractivity contribution in [1.82, 2.24) is 10.6 Å². The Hall–Kier alpha value is -1.39. The Kier molecular flexibility index (Phi) is 2.82. The normalized spacial score (nSPS) is 19.6. The van der Waals surface area contributed by atoms with Crippen LogP contribution in [0.4, 0.5) is 0 Å². The number of thiophene rings is 1. The molecule has 1 atom stereocenters. The average molecular weight is 246 g/mol. The van der Waals surface area contributed by atoms with Gasteiger partial charge in [0.05, 0.1) is 0 Å². The van der Waals surface area contributed by atoms with Crippen LogP contribution in [-0.4, -0.2) is 25.0 Å². The number of fused-ring (bicyclic) bond motifs is 1. The average Bonchev–Trinajstić information content (AvgIpc) is 2.97. The molecule has 3 nitrogen and oxygen atoms in total. The molecule has 2 aromatic rings. The van der Waals surface area contributed by atoms with Crippen LogP contribution in [0.25, 0.3) is 10.1 Å². The minimum atomic E-state index is 0.0341. The number of carbonyl (C=O) groups excluding carboxylic acids is 1. The molecule has 1 aliphatic rings. The summed E-state index contributed by atoms with van der Waals surface area (Å²) < 4.78 is 1.23. The monoisotopic (exact) mass is 246 g/mol. The van der Waals surface area contributed by atoms with E-state index < -0.39 is 0 Å². The van der Waals surface area contributed by atoms with E-state index in [1.165, 1.54) is 4.70 Å². The van der Waals surface area contributed by atoms with Crippen molar-refractivity contribution in [2.75, 3.05) is 13.1 Å². The van der Waals surface area contributed by atoms with E-state index in [-0.39, 0.29) is 11.9 Å². The molecule has 0 bridgehead atoms. The fourth-order valence-corrected chi connectivity index (χ4v) is 2.93. The highest BCUT2D eigenvalue weighted by atomic mass is 32.1. The van der Waals surface area contributed by atoms with E-state index >= 15 is 0 Å². The Bertz CT molecular complexity index is 543. The number of benzene rings is 1. The second-order valence-electron chi connectivity index (χ2n) is 4.34. The quantitative estimate of drug-likeness (QED) is 0.851. The van der Waals surface area contributed by atoms with Crippen molar-refractivity contribution in [1.29, 1.82) is 0 Å². The molecule has 1 aromatic carbocycles. The number of hydrogen-bond donors (Lipinski definition) is 2. The maximum absolute atomic E-state index is 12.0. The Morgan fingerprint density at radius 3 is 3.18 bits per heavy atom. The Morgan fingerprint density at radius 2 is 2.35 bits per heavy atom. The molecule has 0 spiro atoms. The lowest BCUT2D eigenvalue weighted by Gasteiger charge is -2.11. The van der Waals surface area contributed by atoms with Crippen LogP contribution in [-0.2, 0) is 0 Å². The van der Waals surface area contributed by atoms with E-state index in [0.29, 0.717) is 0 Å². The van der Waals surface area contributed by atoms with Crippen molar-refractivity contribution in [3.05, 3.63) is 35.2 Å². The van der Waals surface area contributed by atoms with Gasteiger partial charge in [-0.25, -0.2) is 0 Å². The van der Waals surface area contributed by atoms with E-state index in [4.69, 9.17) is 0 Å². The lowest BCUT2D eigenvalue weighted by Crippen LogP contribution is -2.36. The van der Waals surface area contributed by atoms with Crippen LogP contribution < -0.4 is 10.6 Å². The largest absolute Gasteiger partial charge is 0.348 e. The van der Waals surface area contributed by atoms with Gasteiger partial charge < -0.3 is 10.6 Å². The molecule has 0 saturated carbocycles. The molecule has 2 heterocycles. The summed E-state index contributed by atoms with van der Waals surface area (Å²) in [7, 11) is 0. The van der Waals surface area contributed by atoms with Gasteiger partial charge in [-0.1, -0.05) is 0 Å². The summed E-state index contributed by atoms with van der Waals surface area (Å²) in [5.74, 6) is 0.0341. The van der Waals surface area contributed by atoms with Crippen molar-refractivity contribution < 1.29 is 4.79 Å². The number of carbonyl (C=O) groups is 1. The summed E-state index contributed by atoms with van der Waals surface area (Å²) in [6.07, 6.45) is 1.02. The Morgan fingerprint density at radius 1 is 1.41 bits per heavy atom. The highest BCUT2D eigenvalue weighted by Gasteiger charge is 2.17. The van der Waals surface area contributed by atoms with Gasteiger partial charge >= 0.3 is 0 Å². The summed E-state index contributed by atoms with van der Waals surface area (Å²) in [5.41, 5.74) is 0.753. The fraction of sp³-hybridized carbons (Fsp3) is 0.308. The molecule has 4 heteroatoms. The van der Waals surface area contributed by atoms with Gasteiger partial charge in [0.2, 0.25) is 0 Å². The third-order valence-corrected chi connectivity index (χ3v) is 4.01. The maximum Gasteiger partial charge on any atom is 0.251 e. The van der Waals surface area contributed by atoms with E-state index in [0.717, 1.165) is 30.5 Å². The molecule has 3 rings (SSSR count). The van der Waals surface area contributed by atoms with Gasteiger partial charge in [0, 0.05) is 22.8 Å². The molecule has 2 N–H and O–H groups in total. The highest BCUT2D eigenvalue weighted by Crippen LogP contribution is 2.21. The van der Waals surface area contributed by atoms with Crippen molar-refractivity contribution in [2.24, 2.45) is 0 Å². The first-order valence-electron chi connectivity index (χ1n) is 5.82. The number of amides is 1. The second-order valence-corrected chi connectivity index (χ2v) is 5.28. The summed E-state index contributed by atoms with van der Waals surface area (Å²) in [4.78, 5) is 12.0. The minimum Gasteiger partial charge on any atom is -0.348 e. The standard InChI is InChI=1S/C13H14N2OS/c16-13(15-11-3-5-14-8-11)10-1-2-12-9(7-10)4-6-17-12/h1-2,4,6-7,11,14H,3,5,8H2,(H,15,16). The molecule has 1 aromatic heterocycles. The summed E-state index contributed by atoms with van der Waals surface area (Å²) in [5, 5.41) is 9.49. The smallest absolute Gasteiger partial charge is 0.251 e. The molecule has 88 valence electrons. The molecule has 1 saturated heterocycles. The van der Waals surface area contributed by atoms with Gasteiger partial charge in [-0.05, 0) is 48.0 Å². The first-order chi connectivity index (χ1) is 8.33.